The second-order valence-electron chi connectivity index (χ2n) is 7.83. The van der Waals surface area contributed by atoms with Crippen molar-refractivity contribution in [2.24, 2.45) is 5.41 Å². The van der Waals surface area contributed by atoms with Crippen molar-refractivity contribution in [3.63, 3.8) is 0 Å². The van der Waals surface area contributed by atoms with Crippen LogP contribution in [-0.4, -0.2) is 41.9 Å². The lowest BCUT2D eigenvalue weighted by molar-refractivity contribution is -0.0310. The van der Waals surface area contributed by atoms with Gasteiger partial charge in [0.25, 0.3) is 0 Å². The summed E-state index contributed by atoms with van der Waals surface area (Å²) in [6.07, 6.45) is 12.4. The number of hydrogen-bond donors (Lipinski definition) is 1. The van der Waals surface area contributed by atoms with E-state index in [1.807, 2.05) is 6.20 Å². The molecule has 4 heteroatoms. The van der Waals surface area contributed by atoms with Crippen molar-refractivity contribution in [3.05, 3.63) is 17.5 Å². The molecule has 1 saturated heterocycles. The SMILES string of the molecule is CCCCN(C)Cc1cn[nH]c1C1CCC2(CCCOC2)CC1. The van der Waals surface area contributed by atoms with Gasteiger partial charge in [0.1, 0.15) is 0 Å². The maximum absolute atomic E-state index is 5.78. The Bertz CT molecular complexity index is 469. The van der Waals surface area contributed by atoms with Crippen LogP contribution in [0, 0.1) is 5.41 Å². The number of aromatic amines is 1. The Balaban J connectivity index is 1.57. The Labute approximate surface area is 141 Å². The van der Waals surface area contributed by atoms with Crippen LogP contribution >= 0.6 is 0 Å². The monoisotopic (exact) mass is 319 g/mol. The second kappa shape index (κ2) is 7.80. The standard InChI is InChI=1S/C19H33N3O/c1-3-4-11-22(2)14-17-13-20-21-18(17)16-6-9-19(10-7-16)8-5-12-23-15-19/h13,16H,3-12,14-15H2,1-2H3,(H,20,21). The van der Waals surface area contributed by atoms with Gasteiger partial charge >= 0.3 is 0 Å². The van der Waals surface area contributed by atoms with E-state index in [9.17, 15) is 0 Å². The van der Waals surface area contributed by atoms with E-state index in [0.29, 0.717) is 11.3 Å². The maximum Gasteiger partial charge on any atom is 0.0535 e. The molecule has 0 amide bonds. The molecule has 1 saturated carbocycles. The summed E-state index contributed by atoms with van der Waals surface area (Å²) in [6, 6.07) is 0. The van der Waals surface area contributed by atoms with Crippen LogP contribution in [-0.2, 0) is 11.3 Å². The van der Waals surface area contributed by atoms with Crippen LogP contribution in [0.5, 0.6) is 0 Å². The number of unbranched alkanes of at least 4 members (excludes halogenated alkanes) is 1. The molecule has 1 aliphatic heterocycles. The lowest BCUT2D eigenvalue weighted by Crippen LogP contribution is -2.35. The lowest BCUT2D eigenvalue weighted by Gasteiger charge is -2.42. The normalized spacial score (nSPS) is 28.6. The van der Waals surface area contributed by atoms with Crippen LogP contribution in [0.25, 0.3) is 0 Å². The quantitative estimate of drug-likeness (QED) is 0.858. The molecule has 1 aromatic rings. The van der Waals surface area contributed by atoms with Gasteiger partial charge in [0.2, 0.25) is 0 Å². The first-order valence-electron chi connectivity index (χ1n) is 9.51. The van der Waals surface area contributed by atoms with Crippen LogP contribution in [0.3, 0.4) is 0 Å². The third-order valence-corrected chi connectivity index (χ3v) is 5.94. The van der Waals surface area contributed by atoms with Gasteiger partial charge in [-0.15, -0.1) is 0 Å². The highest BCUT2D eigenvalue weighted by molar-refractivity contribution is 5.21. The van der Waals surface area contributed by atoms with E-state index in [1.165, 1.54) is 69.2 Å². The minimum absolute atomic E-state index is 0.493. The number of H-pyrrole nitrogens is 1. The van der Waals surface area contributed by atoms with Crippen LogP contribution in [0.15, 0.2) is 6.20 Å². The van der Waals surface area contributed by atoms with Crippen molar-refractivity contribution < 1.29 is 4.74 Å². The molecule has 0 atom stereocenters. The van der Waals surface area contributed by atoms with E-state index >= 15 is 0 Å². The maximum atomic E-state index is 5.78. The van der Waals surface area contributed by atoms with Crippen LogP contribution < -0.4 is 0 Å². The van der Waals surface area contributed by atoms with Crippen molar-refractivity contribution in [3.8, 4) is 0 Å². The van der Waals surface area contributed by atoms with E-state index < -0.39 is 0 Å². The van der Waals surface area contributed by atoms with E-state index in [0.717, 1.165) is 19.8 Å². The number of nitrogens with zero attached hydrogens (tertiary/aromatic N) is 2. The Morgan fingerprint density at radius 2 is 2.17 bits per heavy atom. The van der Waals surface area contributed by atoms with Gasteiger partial charge < -0.3 is 9.64 Å². The molecule has 0 radical (unpaired) electrons. The van der Waals surface area contributed by atoms with Crippen molar-refractivity contribution in [2.75, 3.05) is 26.8 Å². The molecule has 1 N–H and O–H groups in total. The number of nitrogens with one attached hydrogen (secondary N) is 1. The molecule has 2 fully saturated rings. The van der Waals surface area contributed by atoms with Crippen molar-refractivity contribution in [1.82, 2.24) is 15.1 Å². The fourth-order valence-corrected chi connectivity index (χ4v) is 4.42. The van der Waals surface area contributed by atoms with Crippen LogP contribution in [0.2, 0.25) is 0 Å². The molecule has 4 nitrogen and oxygen atoms in total. The fourth-order valence-electron chi connectivity index (χ4n) is 4.42. The highest BCUT2D eigenvalue weighted by atomic mass is 16.5. The molecule has 1 spiro atoms. The van der Waals surface area contributed by atoms with E-state index in [-0.39, 0.29) is 0 Å². The van der Waals surface area contributed by atoms with E-state index in [1.54, 1.807) is 0 Å². The summed E-state index contributed by atoms with van der Waals surface area (Å²) in [5, 5.41) is 7.68. The summed E-state index contributed by atoms with van der Waals surface area (Å²) in [6.45, 7) is 6.42. The van der Waals surface area contributed by atoms with Crippen LogP contribution in [0.1, 0.15) is 75.5 Å². The first-order chi connectivity index (χ1) is 11.2. The van der Waals surface area contributed by atoms with Gasteiger partial charge in [-0.05, 0) is 64.0 Å². The Kier molecular flexibility index (Phi) is 5.76. The molecule has 2 heterocycles. The highest BCUT2D eigenvalue weighted by Gasteiger charge is 2.38. The molecule has 2 aliphatic rings. The number of hydrogen-bond acceptors (Lipinski definition) is 3. The molecule has 0 aromatic carbocycles. The van der Waals surface area contributed by atoms with Gasteiger partial charge in [-0.3, -0.25) is 5.10 Å². The van der Waals surface area contributed by atoms with Crippen molar-refractivity contribution in [2.45, 2.75) is 70.8 Å². The molecule has 130 valence electrons. The zero-order valence-electron chi connectivity index (χ0n) is 14.9. The minimum atomic E-state index is 0.493. The zero-order chi connectivity index (χ0) is 16.1. The molecule has 0 unspecified atom stereocenters. The average molecular weight is 319 g/mol. The van der Waals surface area contributed by atoms with E-state index in [4.69, 9.17) is 4.74 Å². The van der Waals surface area contributed by atoms with Gasteiger partial charge in [0.05, 0.1) is 12.8 Å². The number of ether oxygens (including phenoxy) is 1. The molecular formula is C19H33N3O. The van der Waals surface area contributed by atoms with Gasteiger partial charge in [0.15, 0.2) is 0 Å². The Morgan fingerprint density at radius 1 is 1.35 bits per heavy atom. The number of aromatic nitrogens is 2. The summed E-state index contributed by atoms with van der Waals surface area (Å²) in [4.78, 5) is 2.43. The first kappa shape index (κ1) is 17.0. The minimum Gasteiger partial charge on any atom is -0.381 e. The Hall–Kier alpha value is -0.870. The van der Waals surface area contributed by atoms with Gasteiger partial charge in [-0.1, -0.05) is 13.3 Å². The molecule has 0 bridgehead atoms. The zero-order valence-corrected chi connectivity index (χ0v) is 14.9. The lowest BCUT2D eigenvalue weighted by atomic mass is 9.67. The number of rotatable bonds is 6. The van der Waals surface area contributed by atoms with Crippen LogP contribution in [0.4, 0.5) is 0 Å². The summed E-state index contributed by atoms with van der Waals surface area (Å²) in [7, 11) is 2.22. The van der Waals surface area contributed by atoms with Gasteiger partial charge in [-0.2, -0.15) is 5.10 Å². The Morgan fingerprint density at radius 3 is 2.87 bits per heavy atom. The van der Waals surface area contributed by atoms with Crippen molar-refractivity contribution in [1.29, 1.82) is 0 Å². The molecular weight excluding hydrogens is 286 g/mol. The topological polar surface area (TPSA) is 41.2 Å². The summed E-state index contributed by atoms with van der Waals surface area (Å²) in [5.74, 6) is 0.666. The second-order valence-corrected chi connectivity index (χ2v) is 7.83. The fraction of sp³-hybridized carbons (Fsp3) is 0.842. The van der Waals surface area contributed by atoms with Gasteiger partial charge in [0, 0.05) is 30.3 Å². The molecule has 23 heavy (non-hydrogen) atoms. The summed E-state index contributed by atoms with van der Waals surface area (Å²) < 4.78 is 5.78. The predicted octanol–water partition coefficient (Wildman–Crippen LogP) is 4.10. The third kappa shape index (κ3) is 4.16. The largest absolute Gasteiger partial charge is 0.381 e. The third-order valence-electron chi connectivity index (χ3n) is 5.94. The van der Waals surface area contributed by atoms with E-state index in [2.05, 4.69) is 29.1 Å². The van der Waals surface area contributed by atoms with Crippen molar-refractivity contribution >= 4 is 0 Å². The van der Waals surface area contributed by atoms with Gasteiger partial charge in [-0.25, -0.2) is 0 Å². The molecule has 3 rings (SSSR count). The average Bonchev–Trinajstić information content (AvgIpc) is 3.02. The first-order valence-corrected chi connectivity index (χ1v) is 9.51. The summed E-state index contributed by atoms with van der Waals surface area (Å²) in [5.41, 5.74) is 3.30. The molecule has 1 aromatic heterocycles. The predicted molar refractivity (Wildman–Crippen MR) is 93.5 cm³/mol. The highest BCUT2D eigenvalue weighted by Crippen LogP contribution is 2.47. The molecule has 1 aliphatic carbocycles. The smallest absolute Gasteiger partial charge is 0.0535 e. The summed E-state index contributed by atoms with van der Waals surface area (Å²) >= 11 is 0.